The summed E-state index contributed by atoms with van der Waals surface area (Å²) in [5, 5.41) is 3.81. The van der Waals surface area contributed by atoms with Crippen molar-refractivity contribution >= 4 is 0 Å². The van der Waals surface area contributed by atoms with Crippen LogP contribution in [0.3, 0.4) is 0 Å². The molecule has 3 heteroatoms. The first-order valence-electron chi connectivity index (χ1n) is 7.74. The highest BCUT2D eigenvalue weighted by Gasteiger charge is 2.32. The molecule has 0 aromatic heterocycles. The Hall–Kier alpha value is -0.120. The van der Waals surface area contributed by atoms with Crippen LogP contribution in [0, 0.1) is 0 Å². The van der Waals surface area contributed by atoms with Crippen molar-refractivity contribution in [3.63, 3.8) is 0 Å². The number of ether oxygens (including phenoxy) is 1. The third-order valence-corrected chi connectivity index (χ3v) is 4.59. The highest BCUT2D eigenvalue weighted by atomic mass is 16.5. The summed E-state index contributed by atoms with van der Waals surface area (Å²) in [5.41, 5.74) is 0.100. The minimum Gasteiger partial charge on any atom is -0.375 e. The summed E-state index contributed by atoms with van der Waals surface area (Å²) < 4.78 is 5.91. The zero-order chi connectivity index (χ0) is 13.0. The zero-order valence-electron chi connectivity index (χ0n) is 12.4. The van der Waals surface area contributed by atoms with Crippen molar-refractivity contribution in [2.45, 2.75) is 70.6 Å². The van der Waals surface area contributed by atoms with Crippen LogP contribution in [0.1, 0.15) is 52.9 Å². The van der Waals surface area contributed by atoms with Gasteiger partial charge in [-0.1, -0.05) is 6.92 Å². The van der Waals surface area contributed by atoms with E-state index in [1.54, 1.807) is 0 Å². The monoisotopic (exact) mass is 254 g/mol. The predicted octanol–water partition coefficient (Wildman–Crippen LogP) is 2.41. The fraction of sp³-hybridized carbons (Fsp3) is 1.00. The minimum atomic E-state index is 0.100. The molecule has 2 saturated heterocycles. The van der Waals surface area contributed by atoms with Crippen molar-refractivity contribution in [1.29, 1.82) is 0 Å². The van der Waals surface area contributed by atoms with Crippen molar-refractivity contribution in [1.82, 2.24) is 10.2 Å². The number of rotatable bonds is 5. The Morgan fingerprint density at radius 3 is 2.78 bits per heavy atom. The van der Waals surface area contributed by atoms with Gasteiger partial charge in [0.15, 0.2) is 0 Å². The van der Waals surface area contributed by atoms with E-state index in [4.69, 9.17) is 4.74 Å². The first-order valence-corrected chi connectivity index (χ1v) is 7.74. The maximum Gasteiger partial charge on any atom is 0.0666 e. The van der Waals surface area contributed by atoms with Crippen molar-refractivity contribution in [2.24, 2.45) is 0 Å². The molecule has 3 atom stereocenters. The molecule has 0 spiro atoms. The van der Waals surface area contributed by atoms with Gasteiger partial charge in [0.1, 0.15) is 0 Å². The maximum absolute atomic E-state index is 5.91. The van der Waals surface area contributed by atoms with Crippen LogP contribution in [0.2, 0.25) is 0 Å². The second kappa shape index (κ2) is 6.36. The van der Waals surface area contributed by atoms with E-state index in [0.29, 0.717) is 12.1 Å². The lowest BCUT2D eigenvalue weighted by Gasteiger charge is -2.39. The van der Waals surface area contributed by atoms with E-state index >= 15 is 0 Å². The van der Waals surface area contributed by atoms with E-state index in [-0.39, 0.29) is 5.60 Å². The molecule has 3 nitrogen and oxygen atoms in total. The molecule has 2 rings (SSSR count). The molecule has 0 aromatic carbocycles. The van der Waals surface area contributed by atoms with Gasteiger partial charge in [0, 0.05) is 25.2 Å². The first kappa shape index (κ1) is 14.3. The molecule has 0 radical (unpaired) electrons. The molecular formula is C15H30N2O. The molecule has 2 heterocycles. The van der Waals surface area contributed by atoms with Gasteiger partial charge in [0.2, 0.25) is 0 Å². The fourth-order valence-corrected chi connectivity index (χ4v) is 3.33. The Labute approximate surface area is 112 Å². The fourth-order valence-electron chi connectivity index (χ4n) is 3.33. The van der Waals surface area contributed by atoms with Crippen LogP contribution in [0.25, 0.3) is 0 Å². The van der Waals surface area contributed by atoms with E-state index in [2.05, 4.69) is 31.0 Å². The van der Waals surface area contributed by atoms with E-state index in [1.807, 2.05) is 0 Å². The van der Waals surface area contributed by atoms with Crippen molar-refractivity contribution in [3.8, 4) is 0 Å². The molecule has 3 unspecified atom stereocenters. The minimum absolute atomic E-state index is 0.100. The molecule has 0 aliphatic carbocycles. The Kier molecular flexibility index (Phi) is 5.05. The molecule has 0 amide bonds. The van der Waals surface area contributed by atoms with Crippen molar-refractivity contribution < 1.29 is 4.74 Å². The van der Waals surface area contributed by atoms with Crippen molar-refractivity contribution in [3.05, 3.63) is 0 Å². The number of nitrogens with zero attached hydrogens (tertiary/aromatic N) is 1. The molecule has 18 heavy (non-hydrogen) atoms. The summed E-state index contributed by atoms with van der Waals surface area (Å²) in [6.07, 6.45) is 6.22. The normalized spacial score (nSPS) is 35.8. The molecule has 0 aromatic rings. The van der Waals surface area contributed by atoms with E-state index in [9.17, 15) is 0 Å². The number of likely N-dealkylation sites (tertiary alicyclic amines) is 1. The summed E-state index contributed by atoms with van der Waals surface area (Å²) in [5.74, 6) is 0. The van der Waals surface area contributed by atoms with Gasteiger partial charge in [-0.15, -0.1) is 0 Å². The topological polar surface area (TPSA) is 24.5 Å². The Bertz CT molecular complexity index is 253. The summed E-state index contributed by atoms with van der Waals surface area (Å²) in [6.45, 7) is 11.5. The van der Waals surface area contributed by atoms with E-state index in [0.717, 1.165) is 19.4 Å². The van der Waals surface area contributed by atoms with Crippen LogP contribution in [0.15, 0.2) is 0 Å². The molecule has 1 N–H and O–H groups in total. The van der Waals surface area contributed by atoms with Crippen molar-refractivity contribution in [2.75, 3.05) is 26.2 Å². The summed E-state index contributed by atoms with van der Waals surface area (Å²) in [7, 11) is 0. The van der Waals surface area contributed by atoms with Gasteiger partial charge in [0.05, 0.1) is 5.60 Å². The lowest BCUT2D eigenvalue weighted by molar-refractivity contribution is -0.0791. The average Bonchev–Trinajstić information content (AvgIpc) is 2.81. The average molecular weight is 254 g/mol. The summed E-state index contributed by atoms with van der Waals surface area (Å²) in [6, 6.07) is 1.24. The highest BCUT2D eigenvalue weighted by molar-refractivity contribution is 4.87. The smallest absolute Gasteiger partial charge is 0.0666 e. The second-order valence-corrected chi connectivity index (χ2v) is 6.42. The number of nitrogens with one attached hydrogen (secondary N) is 1. The Balaban J connectivity index is 1.74. The molecule has 0 saturated carbocycles. The third kappa shape index (κ3) is 3.94. The van der Waals surface area contributed by atoms with Crippen LogP contribution < -0.4 is 5.32 Å². The van der Waals surface area contributed by atoms with Gasteiger partial charge < -0.3 is 15.0 Å². The molecule has 106 valence electrons. The van der Waals surface area contributed by atoms with Gasteiger partial charge in [-0.3, -0.25) is 0 Å². The Morgan fingerprint density at radius 1 is 1.39 bits per heavy atom. The molecular weight excluding hydrogens is 224 g/mol. The molecule has 2 fully saturated rings. The first-order chi connectivity index (χ1) is 8.61. The standard InChI is InChI=1S/C15H30N2O/c1-4-15(3)11-14(7-10-18-15)16-13(2)12-17-8-5-6-9-17/h13-14,16H,4-12H2,1-3H3. The lowest BCUT2D eigenvalue weighted by atomic mass is 9.89. The quantitative estimate of drug-likeness (QED) is 0.815. The largest absolute Gasteiger partial charge is 0.375 e. The van der Waals surface area contributed by atoms with Crippen LogP contribution in [0.4, 0.5) is 0 Å². The van der Waals surface area contributed by atoms with Gasteiger partial charge >= 0.3 is 0 Å². The van der Waals surface area contributed by atoms with Gasteiger partial charge in [0.25, 0.3) is 0 Å². The maximum atomic E-state index is 5.91. The van der Waals surface area contributed by atoms with Crippen LogP contribution in [0.5, 0.6) is 0 Å². The Morgan fingerprint density at radius 2 is 2.11 bits per heavy atom. The van der Waals surface area contributed by atoms with E-state index < -0.39 is 0 Å². The van der Waals surface area contributed by atoms with Crippen LogP contribution in [-0.4, -0.2) is 48.8 Å². The predicted molar refractivity (Wildman–Crippen MR) is 75.9 cm³/mol. The van der Waals surface area contributed by atoms with Crippen LogP contribution >= 0.6 is 0 Å². The number of hydrogen-bond donors (Lipinski definition) is 1. The zero-order valence-corrected chi connectivity index (χ0v) is 12.4. The molecule has 2 aliphatic rings. The summed E-state index contributed by atoms with van der Waals surface area (Å²) >= 11 is 0. The van der Waals surface area contributed by atoms with Gasteiger partial charge in [-0.05, 0) is 59.0 Å². The molecule has 0 bridgehead atoms. The highest BCUT2D eigenvalue weighted by Crippen LogP contribution is 2.27. The van der Waals surface area contributed by atoms with Crippen LogP contribution in [-0.2, 0) is 4.74 Å². The third-order valence-electron chi connectivity index (χ3n) is 4.59. The summed E-state index contributed by atoms with van der Waals surface area (Å²) in [4.78, 5) is 2.59. The van der Waals surface area contributed by atoms with Gasteiger partial charge in [-0.2, -0.15) is 0 Å². The van der Waals surface area contributed by atoms with E-state index in [1.165, 1.54) is 38.9 Å². The lowest BCUT2D eigenvalue weighted by Crippen LogP contribution is -2.50. The second-order valence-electron chi connectivity index (χ2n) is 6.42. The SMILES string of the molecule is CCC1(C)CC(NC(C)CN2CCCC2)CCO1. The molecule has 2 aliphatic heterocycles. The van der Waals surface area contributed by atoms with Gasteiger partial charge in [-0.25, -0.2) is 0 Å². The number of hydrogen-bond acceptors (Lipinski definition) is 3.